The van der Waals surface area contributed by atoms with E-state index in [-0.39, 0.29) is 42.8 Å². The number of hydrogen-bond donors (Lipinski definition) is 2. The molecule has 0 saturated carbocycles. The number of benzene rings is 1. The predicted octanol–water partition coefficient (Wildman–Crippen LogP) is 0.112. The lowest BCUT2D eigenvalue weighted by Gasteiger charge is -2.16. The van der Waals surface area contributed by atoms with Crippen LogP contribution in [0.25, 0.3) is 0 Å². The standard InChI is InChI=1S/C12H19N3O3S.ClH/c1-10-3-5-11(6-4-10)19(17,18)14-7-8-15(2)12(16)9-13;/h3-6,14H,7-9,13H2,1-2H3;1H. The van der Waals surface area contributed by atoms with Crippen molar-refractivity contribution in [2.24, 2.45) is 5.73 Å². The Hall–Kier alpha value is -1.15. The summed E-state index contributed by atoms with van der Waals surface area (Å²) in [6.45, 7) is 2.23. The highest BCUT2D eigenvalue weighted by Crippen LogP contribution is 2.09. The van der Waals surface area contributed by atoms with Gasteiger partial charge in [-0.1, -0.05) is 17.7 Å². The van der Waals surface area contributed by atoms with Gasteiger partial charge in [-0.3, -0.25) is 4.79 Å². The normalized spacial score (nSPS) is 10.8. The van der Waals surface area contributed by atoms with Gasteiger partial charge in [0.1, 0.15) is 0 Å². The van der Waals surface area contributed by atoms with Gasteiger partial charge in [-0.25, -0.2) is 13.1 Å². The van der Waals surface area contributed by atoms with Crippen molar-refractivity contribution < 1.29 is 13.2 Å². The highest BCUT2D eigenvalue weighted by atomic mass is 35.5. The van der Waals surface area contributed by atoms with Crippen molar-refractivity contribution in [1.29, 1.82) is 0 Å². The quantitative estimate of drug-likeness (QED) is 0.778. The Balaban J connectivity index is 0.00000361. The number of nitrogens with two attached hydrogens (primary N) is 1. The van der Waals surface area contributed by atoms with Crippen LogP contribution in [0.15, 0.2) is 29.2 Å². The molecule has 1 rings (SSSR count). The van der Waals surface area contributed by atoms with Crippen molar-refractivity contribution in [3.8, 4) is 0 Å². The topological polar surface area (TPSA) is 92.5 Å². The second-order valence-corrected chi connectivity index (χ2v) is 6.00. The summed E-state index contributed by atoms with van der Waals surface area (Å²) >= 11 is 0. The minimum Gasteiger partial charge on any atom is -0.343 e. The Kier molecular flexibility index (Phi) is 7.74. The molecule has 20 heavy (non-hydrogen) atoms. The fourth-order valence-electron chi connectivity index (χ4n) is 1.43. The number of halogens is 1. The van der Waals surface area contributed by atoms with Crippen LogP contribution >= 0.6 is 12.4 Å². The molecule has 0 saturated heterocycles. The smallest absolute Gasteiger partial charge is 0.240 e. The van der Waals surface area contributed by atoms with Gasteiger partial charge in [0.2, 0.25) is 15.9 Å². The minimum atomic E-state index is -3.52. The Morgan fingerprint density at radius 3 is 2.35 bits per heavy atom. The number of carbonyl (C=O) groups is 1. The van der Waals surface area contributed by atoms with E-state index in [4.69, 9.17) is 5.73 Å². The number of amides is 1. The molecule has 0 spiro atoms. The van der Waals surface area contributed by atoms with E-state index < -0.39 is 10.0 Å². The van der Waals surface area contributed by atoms with E-state index in [2.05, 4.69) is 4.72 Å². The summed E-state index contributed by atoms with van der Waals surface area (Å²) in [7, 11) is -1.95. The maximum absolute atomic E-state index is 11.9. The lowest BCUT2D eigenvalue weighted by atomic mass is 10.2. The molecule has 0 bridgehead atoms. The zero-order valence-electron chi connectivity index (χ0n) is 11.5. The van der Waals surface area contributed by atoms with Crippen molar-refractivity contribution in [3.05, 3.63) is 29.8 Å². The molecule has 114 valence electrons. The highest BCUT2D eigenvalue weighted by Gasteiger charge is 2.14. The van der Waals surface area contributed by atoms with Crippen LogP contribution in [0.1, 0.15) is 5.56 Å². The van der Waals surface area contributed by atoms with Gasteiger partial charge in [-0.05, 0) is 19.1 Å². The number of hydrogen-bond acceptors (Lipinski definition) is 4. The summed E-state index contributed by atoms with van der Waals surface area (Å²) in [6.07, 6.45) is 0. The zero-order chi connectivity index (χ0) is 14.5. The van der Waals surface area contributed by atoms with E-state index in [0.29, 0.717) is 0 Å². The number of likely N-dealkylation sites (N-methyl/N-ethyl adjacent to an activating group) is 1. The molecule has 1 aromatic carbocycles. The van der Waals surface area contributed by atoms with E-state index in [9.17, 15) is 13.2 Å². The van der Waals surface area contributed by atoms with Crippen LogP contribution in [-0.2, 0) is 14.8 Å². The molecular formula is C12H20ClN3O3S. The second kappa shape index (κ2) is 8.21. The van der Waals surface area contributed by atoms with Gasteiger partial charge in [0, 0.05) is 20.1 Å². The van der Waals surface area contributed by atoms with E-state index in [1.54, 1.807) is 31.3 Å². The number of aryl methyl sites for hydroxylation is 1. The van der Waals surface area contributed by atoms with E-state index in [1.165, 1.54) is 4.90 Å². The molecular weight excluding hydrogens is 302 g/mol. The fourth-order valence-corrected chi connectivity index (χ4v) is 2.45. The Labute approximate surface area is 125 Å². The molecule has 6 nitrogen and oxygen atoms in total. The van der Waals surface area contributed by atoms with Gasteiger partial charge >= 0.3 is 0 Å². The number of rotatable bonds is 6. The monoisotopic (exact) mass is 321 g/mol. The van der Waals surface area contributed by atoms with E-state index >= 15 is 0 Å². The Morgan fingerprint density at radius 1 is 1.30 bits per heavy atom. The third-order valence-corrected chi connectivity index (χ3v) is 4.15. The average molecular weight is 322 g/mol. The second-order valence-electron chi connectivity index (χ2n) is 4.23. The van der Waals surface area contributed by atoms with E-state index in [0.717, 1.165) is 5.56 Å². The van der Waals surface area contributed by atoms with Crippen LogP contribution in [0.5, 0.6) is 0 Å². The lowest BCUT2D eigenvalue weighted by Crippen LogP contribution is -2.38. The molecule has 0 aliphatic rings. The summed E-state index contributed by atoms with van der Waals surface area (Å²) in [5, 5.41) is 0. The molecule has 3 N–H and O–H groups in total. The van der Waals surface area contributed by atoms with E-state index in [1.807, 2.05) is 6.92 Å². The SMILES string of the molecule is Cc1ccc(S(=O)(=O)NCCN(C)C(=O)CN)cc1.Cl. The molecule has 0 heterocycles. The summed E-state index contributed by atoms with van der Waals surface area (Å²) in [6, 6.07) is 6.57. The first-order valence-corrected chi connectivity index (χ1v) is 7.35. The predicted molar refractivity (Wildman–Crippen MR) is 80.3 cm³/mol. The summed E-state index contributed by atoms with van der Waals surface area (Å²) in [4.78, 5) is 12.8. The fraction of sp³-hybridized carbons (Fsp3) is 0.417. The number of nitrogens with one attached hydrogen (secondary N) is 1. The van der Waals surface area contributed by atoms with Crippen LogP contribution in [0.4, 0.5) is 0 Å². The van der Waals surface area contributed by atoms with Gasteiger partial charge in [-0.2, -0.15) is 0 Å². The third kappa shape index (κ3) is 5.46. The van der Waals surface area contributed by atoms with Crippen LogP contribution in [-0.4, -0.2) is 45.9 Å². The van der Waals surface area contributed by atoms with Crippen LogP contribution in [0.3, 0.4) is 0 Å². The summed E-state index contributed by atoms with van der Waals surface area (Å²) < 4.78 is 26.3. The van der Waals surface area contributed by atoms with Crippen molar-refractivity contribution in [3.63, 3.8) is 0 Å². The molecule has 0 aromatic heterocycles. The Bertz CT molecular complexity index is 531. The number of sulfonamides is 1. The van der Waals surface area contributed by atoms with Crippen molar-refractivity contribution in [2.45, 2.75) is 11.8 Å². The average Bonchev–Trinajstić information content (AvgIpc) is 2.37. The third-order valence-electron chi connectivity index (χ3n) is 2.67. The minimum absolute atomic E-state index is 0. The van der Waals surface area contributed by atoms with Crippen molar-refractivity contribution >= 4 is 28.3 Å². The molecule has 1 amide bonds. The van der Waals surface area contributed by atoms with Gasteiger partial charge in [0.25, 0.3) is 0 Å². The first kappa shape index (κ1) is 18.9. The molecule has 0 aliphatic carbocycles. The molecule has 8 heteroatoms. The van der Waals surface area contributed by atoms with Crippen LogP contribution < -0.4 is 10.5 Å². The van der Waals surface area contributed by atoms with Gasteiger partial charge in [0.05, 0.1) is 11.4 Å². The molecule has 0 aliphatic heterocycles. The molecule has 0 atom stereocenters. The summed E-state index contributed by atoms with van der Waals surface area (Å²) in [5.74, 6) is -0.227. The van der Waals surface area contributed by atoms with Crippen LogP contribution in [0.2, 0.25) is 0 Å². The van der Waals surface area contributed by atoms with Gasteiger partial charge < -0.3 is 10.6 Å². The number of nitrogens with zero attached hydrogens (tertiary/aromatic N) is 1. The largest absolute Gasteiger partial charge is 0.343 e. The molecule has 0 fully saturated rings. The zero-order valence-corrected chi connectivity index (χ0v) is 13.1. The van der Waals surface area contributed by atoms with Crippen molar-refractivity contribution in [1.82, 2.24) is 9.62 Å². The summed E-state index contributed by atoms with van der Waals surface area (Å²) in [5.41, 5.74) is 6.20. The maximum atomic E-state index is 11.9. The first-order valence-electron chi connectivity index (χ1n) is 5.87. The molecule has 0 radical (unpaired) electrons. The molecule has 1 aromatic rings. The van der Waals surface area contributed by atoms with Gasteiger partial charge in [-0.15, -0.1) is 12.4 Å². The van der Waals surface area contributed by atoms with Crippen LogP contribution in [0, 0.1) is 6.92 Å². The lowest BCUT2D eigenvalue weighted by molar-refractivity contribution is -0.128. The molecule has 0 unspecified atom stereocenters. The Morgan fingerprint density at radius 2 is 1.85 bits per heavy atom. The number of carbonyl (C=O) groups excluding carboxylic acids is 1. The van der Waals surface area contributed by atoms with Crippen molar-refractivity contribution in [2.75, 3.05) is 26.7 Å². The maximum Gasteiger partial charge on any atom is 0.240 e. The first-order chi connectivity index (χ1) is 8.86. The van der Waals surface area contributed by atoms with Gasteiger partial charge in [0.15, 0.2) is 0 Å². The highest BCUT2D eigenvalue weighted by molar-refractivity contribution is 7.89.